The number of hydrogen-bond acceptors (Lipinski definition) is 4. The summed E-state index contributed by atoms with van der Waals surface area (Å²) in [4.78, 5) is 33.9. The van der Waals surface area contributed by atoms with Crippen molar-refractivity contribution in [2.75, 3.05) is 0 Å². The van der Waals surface area contributed by atoms with E-state index in [1.54, 1.807) is 21.8 Å². The molecule has 1 amide bonds. The largest absolute Gasteiger partial charge is 0.467 e. The predicted octanol–water partition coefficient (Wildman–Crippen LogP) is 5.68. The molecule has 6 nitrogen and oxygen atoms in total. The number of benzene rings is 2. The maximum Gasteiger partial charge on any atom is 0.266 e. The number of rotatable bonds is 8. The molecular weight excluding hydrogens is 426 g/mol. The number of carbonyl (C=O) groups excluding carboxylic acids is 1. The lowest BCUT2D eigenvalue weighted by Crippen LogP contribution is -2.40. The molecule has 6 heteroatoms. The average Bonchev–Trinajstić information content (AvgIpc) is 3.37. The number of hydrogen-bond donors (Lipinski definition) is 0. The van der Waals surface area contributed by atoms with Crippen molar-refractivity contribution < 1.29 is 9.21 Å². The van der Waals surface area contributed by atoms with Crippen molar-refractivity contribution in [2.24, 2.45) is 5.92 Å². The van der Waals surface area contributed by atoms with Gasteiger partial charge >= 0.3 is 0 Å². The lowest BCUT2D eigenvalue weighted by atomic mass is 10.1. The molecule has 34 heavy (non-hydrogen) atoms. The van der Waals surface area contributed by atoms with E-state index in [0.717, 1.165) is 12.1 Å². The molecule has 2 aromatic carbocycles. The van der Waals surface area contributed by atoms with Crippen molar-refractivity contribution in [3.63, 3.8) is 0 Å². The third kappa shape index (κ3) is 4.53. The van der Waals surface area contributed by atoms with Gasteiger partial charge in [0.25, 0.3) is 5.56 Å². The van der Waals surface area contributed by atoms with Crippen molar-refractivity contribution in [1.29, 1.82) is 0 Å². The van der Waals surface area contributed by atoms with E-state index in [1.165, 1.54) is 5.56 Å². The first-order valence-corrected chi connectivity index (χ1v) is 11.9. The molecule has 0 aliphatic heterocycles. The van der Waals surface area contributed by atoms with Crippen LogP contribution in [0, 0.1) is 5.92 Å². The van der Waals surface area contributed by atoms with Crippen LogP contribution in [0.1, 0.15) is 57.3 Å². The lowest BCUT2D eigenvalue weighted by molar-refractivity contribution is -0.138. The lowest BCUT2D eigenvalue weighted by Gasteiger charge is -2.33. The van der Waals surface area contributed by atoms with Gasteiger partial charge in [-0.3, -0.25) is 14.2 Å². The topological polar surface area (TPSA) is 68.3 Å². The van der Waals surface area contributed by atoms with Gasteiger partial charge in [0.2, 0.25) is 5.91 Å². The zero-order valence-corrected chi connectivity index (χ0v) is 20.2. The third-order valence-electron chi connectivity index (χ3n) is 6.15. The quantitative estimate of drug-likeness (QED) is 0.341. The zero-order chi connectivity index (χ0) is 24.2. The first-order valence-electron chi connectivity index (χ1n) is 11.9. The highest BCUT2D eigenvalue weighted by Gasteiger charge is 2.31. The highest BCUT2D eigenvalue weighted by molar-refractivity contribution is 5.79. The number of aryl methyl sites for hydroxylation is 1. The molecule has 4 rings (SSSR count). The summed E-state index contributed by atoms with van der Waals surface area (Å²) in [5.74, 6) is 1.01. The molecular formula is C28H31N3O3. The predicted molar refractivity (Wildman–Crippen MR) is 134 cm³/mol. The van der Waals surface area contributed by atoms with Gasteiger partial charge in [0.05, 0.1) is 35.4 Å². The van der Waals surface area contributed by atoms with Gasteiger partial charge in [0.15, 0.2) is 0 Å². The van der Waals surface area contributed by atoms with Crippen molar-refractivity contribution in [3.8, 4) is 5.69 Å². The number of para-hydroxylation sites is 1. The minimum Gasteiger partial charge on any atom is -0.467 e. The van der Waals surface area contributed by atoms with Gasteiger partial charge in [0.1, 0.15) is 11.6 Å². The minimum atomic E-state index is -0.414. The maximum atomic E-state index is 13.8. The van der Waals surface area contributed by atoms with E-state index >= 15 is 0 Å². The molecule has 0 aliphatic rings. The monoisotopic (exact) mass is 457 g/mol. The van der Waals surface area contributed by atoms with Gasteiger partial charge in [-0.1, -0.05) is 52.0 Å². The summed E-state index contributed by atoms with van der Waals surface area (Å²) >= 11 is 0. The fraction of sp³-hybridized carbons (Fsp3) is 0.321. The van der Waals surface area contributed by atoms with Gasteiger partial charge in [-0.15, -0.1) is 0 Å². The summed E-state index contributed by atoms with van der Waals surface area (Å²) in [5.41, 5.74) is 2.41. The summed E-state index contributed by atoms with van der Waals surface area (Å²) in [6.45, 7) is 8.18. The first kappa shape index (κ1) is 23.5. The van der Waals surface area contributed by atoms with E-state index in [2.05, 4.69) is 6.92 Å². The van der Waals surface area contributed by atoms with Crippen LogP contribution in [0.5, 0.6) is 0 Å². The molecule has 0 radical (unpaired) electrons. The second-order valence-corrected chi connectivity index (χ2v) is 8.77. The summed E-state index contributed by atoms with van der Waals surface area (Å²) < 4.78 is 7.24. The highest BCUT2D eigenvalue weighted by Crippen LogP contribution is 2.29. The Labute approximate surface area is 199 Å². The van der Waals surface area contributed by atoms with Crippen LogP contribution in [0.15, 0.2) is 76.1 Å². The zero-order valence-electron chi connectivity index (χ0n) is 20.2. The molecule has 0 saturated heterocycles. The van der Waals surface area contributed by atoms with Crippen LogP contribution in [-0.4, -0.2) is 20.4 Å². The van der Waals surface area contributed by atoms with Gasteiger partial charge in [-0.25, -0.2) is 4.98 Å². The van der Waals surface area contributed by atoms with Crippen LogP contribution in [-0.2, 0) is 17.8 Å². The maximum absolute atomic E-state index is 13.8. The number of nitrogens with zero attached hydrogens (tertiary/aromatic N) is 3. The van der Waals surface area contributed by atoms with Crippen LogP contribution < -0.4 is 5.56 Å². The Hall–Kier alpha value is -3.67. The first-order chi connectivity index (χ1) is 16.4. The van der Waals surface area contributed by atoms with Crippen molar-refractivity contribution >= 4 is 16.8 Å². The number of amides is 1. The fourth-order valence-corrected chi connectivity index (χ4v) is 4.29. The Morgan fingerprint density at radius 3 is 2.38 bits per heavy atom. The molecule has 0 spiro atoms. The van der Waals surface area contributed by atoms with Gasteiger partial charge < -0.3 is 9.32 Å². The molecule has 0 N–H and O–H groups in total. The molecule has 0 saturated carbocycles. The molecule has 0 fully saturated rings. The van der Waals surface area contributed by atoms with Crippen LogP contribution in [0.3, 0.4) is 0 Å². The number of carbonyl (C=O) groups is 1. The Kier molecular flexibility index (Phi) is 6.96. The summed E-state index contributed by atoms with van der Waals surface area (Å²) in [6.07, 6.45) is 3.11. The third-order valence-corrected chi connectivity index (χ3v) is 6.15. The SMILES string of the molecule is CCc1ccc(-n2c(C(CC)N(Cc3ccco3)C(=O)C(C)C)nc3ccccc3c2=O)cc1. The van der Waals surface area contributed by atoms with Crippen LogP contribution in [0.2, 0.25) is 0 Å². The van der Waals surface area contributed by atoms with Gasteiger partial charge in [-0.2, -0.15) is 0 Å². The van der Waals surface area contributed by atoms with E-state index in [9.17, 15) is 9.59 Å². The molecule has 2 aromatic heterocycles. The molecule has 1 atom stereocenters. The second kappa shape index (κ2) is 10.1. The van der Waals surface area contributed by atoms with Crippen molar-refractivity contribution in [3.05, 3.63) is 94.4 Å². The summed E-state index contributed by atoms with van der Waals surface area (Å²) in [7, 11) is 0. The Balaban J connectivity index is 1.95. The van der Waals surface area contributed by atoms with E-state index in [4.69, 9.17) is 9.40 Å². The molecule has 1 unspecified atom stereocenters. The summed E-state index contributed by atoms with van der Waals surface area (Å²) in [5, 5.41) is 0.549. The molecule has 4 aromatic rings. The van der Waals surface area contributed by atoms with Crippen molar-refractivity contribution in [1.82, 2.24) is 14.5 Å². The minimum absolute atomic E-state index is 0.0152. The normalized spacial score (nSPS) is 12.3. The van der Waals surface area contributed by atoms with E-state index in [1.807, 2.05) is 75.4 Å². The van der Waals surface area contributed by atoms with Crippen molar-refractivity contribution in [2.45, 2.75) is 53.1 Å². The Morgan fingerprint density at radius 1 is 1.03 bits per heavy atom. The van der Waals surface area contributed by atoms with Crippen LogP contribution >= 0.6 is 0 Å². The molecule has 0 aliphatic carbocycles. The standard InChI is InChI=1S/C28H31N3O3/c1-5-20-13-15-21(16-14-20)31-26(29-24-12-8-7-11-23(24)28(31)33)25(6-2)30(27(32)19(3)4)18-22-10-9-17-34-22/h7-17,19,25H,5-6,18H2,1-4H3. The molecule has 0 bridgehead atoms. The van der Waals surface area contributed by atoms with Gasteiger partial charge in [0, 0.05) is 5.92 Å². The molecule has 176 valence electrons. The van der Waals surface area contributed by atoms with Crippen LogP contribution in [0.25, 0.3) is 16.6 Å². The number of aromatic nitrogens is 2. The smallest absolute Gasteiger partial charge is 0.266 e. The van der Waals surface area contributed by atoms with E-state index < -0.39 is 6.04 Å². The fourth-order valence-electron chi connectivity index (χ4n) is 4.29. The van der Waals surface area contributed by atoms with Gasteiger partial charge in [-0.05, 0) is 54.8 Å². The van der Waals surface area contributed by atoms with Crippen LogP contribution in [0.4, 0.5) is 0 Å². The van der Waals surface area contributed by atoms with E-state index in [0.29, 0.717) is 35.5 Å². The van der Waals surface area contributed by atoms with E-state index in [-0.39, 0.29) is 17.4 Å². The molecule has 2 heterocycles. The Morgan fingerprint density at radius 2 is 1.76 bits per heavy atom. The number of fused-ring (bicyclic) bond motifs is 1. The number of furan rings is 1. The average molecular weight is 458 g/mol. The highest BCUT2D eigenvalue weighted by atomic mass is 16.3. The second-order valence-electron chi connectivity index (χ2n) is 8.77. The Bertz CT molecular complexity index is 1320. The summed E-state index contributed by atoms with van der Waals surface area (Å²) in [6, 6.07) is 18.6.